The van der Waals surface area contributed by atoms with Gasteiger partial charge in [-0.3, -0.25) is 4.79 Å². The van der Waals surface area contributed by atoms with Crippen molar-refractivity contribution in [2.24, 2.45) is 0 Å². The zero-order valence-electron chi connectivity index (χ0n) is 13.0. The van der Waals surface area contributed by atoms with E-state index in [9.17, 15) is 13.2 Å². The van der Waals surface area contributed by atoms with Gasteiger partial charge in [0.1, 0.15) is 11.4 Å². The summed E-state index contributed by atoms with van der Waals surface area (Å²) >= 11 is 0. The molecule has 0 aromatic heterocycles. The summed E-state index contributed by atoms with van der Waals surface area (Å²) in [7, 11) is -4.09. The highest BCUT2D eigenvalue weighted by molar-refractivity contribution is 7.93. The molecule has 0 unspecified atom stereocenters. The van der Waals surface area contributed by atoms with Gasteiger partial charge < -0.3 is 4.74 Å². The summed E-state index contributed by atoms with van der Waals surface area (Å²) in [4.78, 5) is 13.1. The highest BCUT2D eigenvalue weighted by Crippen LogP contribution is 2.41. The highest BCUT2D eigenvalue weighted by atomic mass is 32.2. The molecule has 0 aliphatic carbocycles. The second kappa shape index (κ2) is 5.75. The van der Waals surface area contributed by atoms with Crippen LogP contribution in [0, 0.1) is 0 Å². The molecule has 25 heavy (non-hydrogen) atoms. The first kappa shape index (κ1) is 15.4. The Balaban J connectivity index is 1.99. The predicted octanol–water partition coefficient (Wildman–Crippen LogP) is 3.83. The molecule has 1 heterocycles. The van der Waals surface area contributed by atoms with E-state index in [0.29, 0.717) is 11.5 Å². The van der Waals surface area contributed by atoms with Crippen molar-refractivity contribution in [2.45, 2.75) is 4.90 Å². The minimum absolute atomic E-state index is 0.0394. The fourth-order valence-corrected chi connectivity index (χ4v) is 4.16. The normalized spacial score (nSPS) is 13.4. The van der Waals surface area contributed by atoms with Gasteiger partial charge >= 0.3 is 0 Å². The lowest BCUT2D eigenvalue weighted by Gasteiger charge is -2.21. The lowest BCUT2D eigenvalue weighted by Crippen LogP contribution is -2.36. The molecule has 0 bridgehead atoms. The third kappa shape index (κ3) is 2.47. The number of para-hydroxylation sites is 3. The molecule has 0 saturated carbocycles. The first-order chi connectivity index (χ1) is 12.1. The molecule has 6 heteroatoms. The summed E-state index contributed by atoms with van der Waals surface area (Å²) in [6.45, 7) is 0. The summed E-state index contributed by atoms with van der Waals surface area (Å²) in [5, 5.41) is 0. The van der Waals surface area contributed by atoms with Crippen molar-refractivity contribution in [1.29, 1.82) is 0 Å². The molecule has 3 aromatic carbocycles. The summed E-state index contributed by atoms with van der Waals surface area (Å²) < 4.78 is 33.0. The number of hydrogen-bond donors (Lipinski definition) is 0. The molecule has 0 atom stereocenters. The first-order valence-electron chi connectivity index (χ1n) is 7.60. The Morgan fingerprint density at radius 3 is 2.08 bits per heavy atom. The quantitative estimate of drug-likeness (QED) is 0.704. The number of benzene rings is 3. The van der Waals surface area contributed by atoms with Gasteiger partial charge in [0.2, 0.25) is 0 Å². The van der Waals surface area contributed by atoms with Gasteiger partial charge in [0.25, 0.3) is 15.9 Å². The number of carbonyl (C=O) groups excluding carboxylic acids is 1. The largest absolute Gasteiger partial charge is 0.454 e. The Hall–Kier alpha value is -3.12. The van der Waals surface area contributed by atoms with Crippen LogP contribution < -0.4 is 9.04 Å². The van der Waals surface area contributed by atoms with E-state index in [4.69, 9.17) is 4.74 Å². The summed E-state index contributed by atoms with van der Waals surface area (Å²) in [5.41, 5.74) is 0.380. The molecule has 1 aliphatic rings. The van der Waals surface area contributed by atoms with Crippen LogP contribution in [0.25, 0.3) is 0 Å². The van der Waals surface area contributed by atoms with Crippen LogP contribution in [0.3, 0.4) is 0 Å². The zero-order valence-corrected chi connectivity index (χ0v) is 13.8. The van der Waals surface area contributed by atoms with E-state index >= 15 is 0 Å². The lowest BCUT2D eigenvalue weighted by molar-refractivity contribution is 0.101. The molecule has 0 spiro atoms. The van der Waals surface area contributed by atoms with Gasteiger partial charge in [-0.2, -0.15) is 4.31 Å². The molecular formula is C19H13NO4S. The van der Waals surface area contributed by atoms with Gasteiger partial charge in [-0.05, 0) is 36.4 Å². The van der Waals surface area contributed by atoms with Gasteiger partial charge in [0.05, 0.1) is 10.5 Å². The van der Waals surface area contributed by atoms with Crippen molar-refractivity contribution < 1.29 is 17.9 Å². The van der Waals surface area contributed by atoms with Gasteiger partial charge in [-0.1, -0.05) is 42.5 Å². The average molecular weight is 351 g/mol. The Kier molecular flexibility index (Phi) is 3.54. The number of rotatable bonds is 2. The van der Waals surface area contributed by atoms with E-state index in [1.165, 1.54) is 12.1 Å². The van der Waals surface area contributed by atoms with Crippen LogP contribution in [0.2, 0.25) is 0 Å². The number of amides is 1. The van der Waals surface area contributed by atoms with Crippen molar-refractivity contribution in [1.82, 2.24) is 0 Å². The molecule has 3 aromatic rings. The predicted molar refractivity (Wildman–Crippen MR) is 93.4 cm³/mol. The van der Waals surface area contributed by atoms with Gasteiger partial charge in [-0.25, -0.2) is 8.42 Å². The van der Waals surface area contributed by atoms with Gasteiger partial charge in [0.15, 0.2) is 5.75 Å². The molecule has 0 saturated heterocycles. The molecule has 0 N–H and O–H groups in total. The molecule has 0 fully saturated rings. The Labute approximate surface area is 145 Å². The van der Waals surface area contributed by atoms with E-state index in [1.807, 2.05) is 0 Å². The Morgan fingerprint density at radius 2 is 1.32 bits per heavy atom. The maximum Gasteiger partial charge on any atom is 0.276 e. The summed E-state index contributed by atoms with van der Waals surface area (Å²) in [6.07, 6.45) is 0. The fourth-order valence-electron chi connectivity index (χ4n) is 2.72. The Bertz CT molecular complexity index is 1060. The topological polar surface area (TPSA) is 63.7 Å². The second-order valence-corrected chi connectivity index (χ2v) is 7.24. The minimum Gasteiger partial charge on any atom is -0.454 e. The highest BCUT2D eigenvalue weighted by Gasteiger charge is 2.37. The van der Waals surface area contributed by atoms with Gasteiger partial charge in [-0.15, -0.1) is 0 Å². The van der Waals surface area contributed by atoms with Gasteiger partial charge in [0, 0.05) is 0 Å². The van der Waals surface area contributed by atoms with Crippen LogP contribution in [0.1, 0.15) is 10.4 Å². The third-order valence-electron chi connectivity index (χ3n) is 3.89. The van der Waals surface area contributed by atoms with Crippen molar-refractivity contribution >= 4 is 21.6 Å². The van der Waals surface area contributed by atoms with Crippen LogP contribution in [0.4, 0.5) is 5.69 Å². The number of anilines is 1. The van der Waals surface area contributed by atoms with E-state index in [-0.39, 0.29) is 16.1 Å². The Morgan fingerprint density at radius 1 is 0.720 bits per heavy atom. The van der Waals surface area contributed by atoms with Crippen molar-refractivity contribution in [3.8, 4) is 11.5 Å². The molecule has 124 valence electrons. The molecule has 1 amide bonds. The standard InChI is InChI=1S/C19H13NO4S/c21-19-15-10-4-6-12-17(15)24-18-13-7-5-11-16(18)20(19)25(22,23)14-8-2-1-3-9-14/h1-13H. The maximum absolute atomic E-state index is 13.2. The molecule has 5 nitrogen and oxygen atoms in total. The SMILES string of the molecule is O=C1c2ccccc2Oc2ccccc2N1S(=O)(=O)c1ccccc1. The van der Waals surface area contributed by atoms with E-state index in [2.05, 4.69) is 0 Å². The number of ether oxygens (including phenoxy) is 1. The zero-order chi connectivity index (χ0) is 17.4. The summed E-state index contributed by atoms with van der Waals surface area (Å²) in [6, 6.07) is 21.1. The van der Waals surface area contributed by atoms with E-state index < -0.39 is 15.9 Å². The van der Waals surface area contributed by atoms with Crippen molar-refractivity contribution in [2.75, 3.05) is 4.31 Å². The second-order valence-electron chi connectivity index (χ2n) is 5.45. The smallest absolute Gasteiger partial charge is 0.276 e. The van der Waals surface area contributed by atoms with E-state index in [1.54, 1.807) is 66.7 Å². The number of hydrogen-bond acceptors (Lipinski definition) is 4. The average Bonchev–Trinajstić information content (AvgIpc) is 2.76. The van der Waals surface area contributed by atoms with Crippen LogP contribution in [-0.4, -0.2) is 14.3 Å². The van der Waals surface area contributed by atoms with Crippen molar-refractivity contribution in [3.05, 3.63) is 84.4 Å². The third-order valence-corrected chi connectivity index (χ3v) is 5.60. The minimum atomic E-state index is -4.09. The monoisotopic (exact) mass is 351 g/mol. The summed E-state index contributed by atoms with van der Waals surface area (Å²) in [5.74, 6) is -0.0181. The number of fused-ring (bicyclic) bond motifs is 2. The fraction of sp³-hybridized carbons (Fsp3) is 0. The van der Waals surface area contributed by atoms with Crippen LogP contribution >= 0.6 is 0 Å². The van der Waals surface area contributed by atoms with Crippen molar-refractivity contribution in [3.63, 3.8) is 0 Å². The first-order valence-corrected chi connectivity index (χ1v) is 9.04. The van der Waals surface area contributed by atoms with E-state index in [0.717, 1.165) is 4.31 Å². The number of carbonyl (C=O) groups is 1. The molecular weight excluding hydrogens is 338 g/mol. The molecule has 1 aliphatic heterocycles. The maximum atomic E-state index is 13.2. The molecule has 4 rings (SSSR count). The van der Waals surface area contributed by atoms with Crippen LogP contribution in [0.5, 0.6) is 11.5 Å². The number of sulfonamides is 1. The molecule has 0 radical (unpaired) electrons. The van der Waals surface area contributed by atoms with Crippen LogP contribution in [-0.2, 0) is 10.0 Å². The van der Waals surface area contributed by atoms with Crippen LogP contribution in [0.15, 0.2) is 83.8 Å². The lowest BCUT2D eigenvalue weighted by atomic mass is 10.2. The number of nitrogens with zero attached hydrogens (tertiary/aromatic N) is 1.